The first-order valence-corrected chi connectivity index (χ1v) is 12.4. The van der Waals surface area contributed by atoms with Crippen molar-refractivity contribution in [3.8, 4) is 0 Å². The Labute approximate surface area is 186 Å². The summed E-state index contributed by atoms with van der Waals surface area (Å²) in [4.78, 5) is 0.324. The lowest BCUT2D eigenvalue weighted by molar-refractivity contribution is 0.453. The van der Waals surface area contributed by atoms with Crippen LogP contribution in [-0.2, 0) is 10.0 Å². The van der Waals surface area contributed by atoms with E-state index in [9.17, 15) is 8.42 Å². The fourth-order valence-corrected chi connectivity index (χ4v) is 5.60. The molecule has 3 rings (SSSR count). The second-order valence-electron chi connectivity index (χ2n) is 7.99. The lowest BCUT2D eigenvalue weighted by Gasteiger charge is -2.19. The Morgan fingerprint density at radius 3 is 2.10 bits per heavy atom. The third-order valence-corrected chi connectivity index (χ3v) is 8.18. The normalized spacial score (nSPS) is 18.3. The van der Waals surface area contributed by atoms with Gasteiger partial charge in [0.05, 0.1) is 10.3 Å². The fourth-order valence-electron chi connectivity index (χ4n) is 3.78. The van der Waals surface area contributed by atoms with E-state index in [0.29, 0.717) is 18.0 Å². The molecule has 0 amide bonds. The quantitative estimate of drug-likeness (QED) is 0.395. The molecule has 1 aliphatic rings. The number of hydrogen-bond acceptors (Lipinski definition) is 2. The number of rotatable bonds is 6. The topological polar surface area (TPSA) is 37.4 Å². The summed E-state index contributed by atoms with van der Waals surface area (Å²) < 4.78 is 28.2. The van der Waals surface area contributed by atoms with Crippen molar-refractivity contribution in [1.29, 1.82) is 0 Å². The van der Waals surface area contributed by atoms with Crippen LogP contribution in [0.3, 0.4) is 0 Å². The summed E-state index contributed by atoms with van der Waals surface area (Å²) in [5, 5.41) is -0.304. The Bertz CT molecular complexity index is 1040. The van der Waals surface area contributed by atoms with E-state index in [0.717, 1.165) is 29.5 Å². The Kier molecular flexibility index (Phi) is 7.26. The minimum Gasteiger partial charge on any atom is -0.207 e. The van der Waals surface area contributed by atoms with Crippen molar-refractivity contribution >= 4 is 21.6 Å². The molecule has 1 heterocycles. The van der Waals surface area contributed by atoms with Crippen LogP contribution >= 0.6 is 11.6 Å². The summed E-state index contributed by atoms with van der Waals surface area (Å²) in [6.07, 6.45) is 1.80. The monoisotopic (exact) mass is 443 g/mol. The summed E-state index contributed by atoms with van der Waals surface area (Å²) in [5.41, 5.74) is 8.92. The van der Waals surface area contributed by atoms with Crippen LogP contribution in [0.1, 0.15) is 48.8 Å². The minimum atomic E-state index is -3.59. The molecule has 160 valence electrons. The van der Waals surface area contributed by atoms with Gasteiger partial charge in [0.2, 0.25) is 10.0 Å². The van der Waals surface area contributed by atoms with Gasteiger partial charge in [0.25, 0.3) is 0 Å². The number of sulfonamides is 1. The molecule has 2 atom stereocenters. The molecular formula is C25H30ClNO2S. The van der Waals surface area contributed by atoms with Gasteiger partial charge in [-0.15, -0.1) is 17.3 Å². The molecule has 0 radical (unpaired) electrons. The predicted molar refractivity (Wildman–Crippen MR) is 124 cm³/mol. The summed E-state index contributed by atoms with van der Waals surface area (Å²) in [6, 6.07) is 15.2. The average molecular weight is 444 g/mol. The zero-order valence-corrected chi connectivity index (χ0v) is 19.7. The largest absolute Gasteiger partial charge is 0.243 e. The highest BCUT2D eigenvalue weighted by Gasteiger charge is 2.39. The number of hydrogen-bond donors (Lipinski definition) is 0. The van der Waals surface area contributed by atoms with E-state index in [4.69, 9.17) is 11.6 Å². The van der Waals surface area contributed by atoms with Crippen molar-refractivity contribution in [1.82, 2.24) is 4.31 Å². The Morgan fingerprint density at radius 1 is 1.03 bits per heavy atom. The molecule has 2 aromatic rings. The van der Waals surface area contributed by atoms with Crippen molar-refractivity contribution in [3.63, 3.8) is 0 Å². The molecule has 0 spiro atoms. The highest BCUT2D eigenvalue weighted by atomic mass is 35.5. The molecule has 0 aliphatic carbocycles. The number of benzene rings is 2. The SMILES string of the molecule is CCC(=C=C1CN(S(=O)(=O)c2ccc(C)cc2)C[C@H]1[C@@H](Cl)c1ccc(C)cc1)CC. The molecule has 1 aliphatic heterocycles. The maximum absolute atomic E-state index is 13.3. The van der Waals surface area contributed by atoms with Crippen LogP contribution in [0.25, 0.3) is 0 Å². The van der Waals surface area contributed by atoms with Crippen LogP contribution in [0.4, 0.5) is 0 Å². The van der Waals surface area contributed by atoms with Gasteiger partial charge in [-0.2, -0.15) is 4.31 Å². The van der Waals surface area contributed by atoms with Crippen molar-refractivity contribution in [2.24, 2.45) is 5.92 Å². The molecule has 3 nitrogen and oxygen atoms in total. The first-order valence-electron chi connectivity index (χ1n) is 10.5. The molecule has 0 N–H and O–H groups in total. The van der Waals surface area contributed by atoms with Crippen LogP contribution in [-0.4, -0.2) is 25.8 Å². The molecular weight excluding hydrogens is 414 g/mol. The van der Waals surface area contributed by atoms with Gasteiger partial charge in [0, 0.05) is 19.0 Å². The zero-order valence-electron chi connectivity index (χ0n) is 18.2. The third-order valence-electron chi connectivity index (χ3n) is 5.79. The van der Waals surface area contributed by atoms with Crippen molar-refractivity contribution in [3.05, 3.63) is 82.1 Å². The van der Waals surface area contributed by atoms with E-state index in [1.165, 1.54) is 11.1 Å². The molecule has 0 saturated carbocycles. The Hall–Kier alpha value is -1.84. The highest BCUT2D eigenvalue weighted by Crippen LogP contribution is 2.40. The van der Waals surface area contributed by atoms with E-state index in [1.54, 1.807) is 16.4 Å². The van der Waals surface area contributed by atoms with Crippen molar-refractivity contribution in [2.75, 3.05) is 13.1 Å². The van der Waals surface area contributed by atoms with Crippen molar-refractivity contribution in [2.45, 2.75) is 50.8 Å². The van der Waals surface area contributed by atoms with Crippen LogP contribution in [0.2, 0.25) is 0 Å². The van der Waals surface area contributed by atoms with Gasteiger partial charge in [0.1, 0.15) is 0 Å². The molecule has 5 heteroatoms. The van der Waals surface area contributed by atoms with Gasteiger partial charge in [-0.05, 0) is 55.5 Å². The van der Waals surface area contributed by atoms with Crippen LogP contribution in [0.15, 0.2) is 70.3 Å². The first kappa shape index (κ1) is 22.8. The lowest BCUT2D eigenvalue weighted by atomic mass is 9.93. The molecule has 0 aromatic heterocycles. The summed E-state index contributed by atoms with van der Waals surface area (Å²) >= 11 is 6.92. The van der Waals surface area contributed by atoms with E-state index >= 15 is 0 Å². The van der Waals surface area contributed by atoms with Gasteiger partial charge in [-0.3, -0.25) is 0 Å². The van der Waals surface area contributed by atoms with Gasteiger partial charge in [-0.25, -0.2) is 8.42 Å². The fraction of sp³-hybridized carbons (Fsp3) is 0.400. The lowest BCUT2D eigenvalue weighted by Crippen LogP contribution is -2.29. The smallest absolute Gasteiger partial charge is 0.207 e. The number of aryl methyl sites for hydroxylation is 2. The van der Waals surface area contributed by atoms with E-state index in [2.05, 4.69) is 19.6 Å². The molecule has 1 fully saturated rings. The second kappa shape index (κ2) is 9.53. The molecule has 1 saturated heterocycles. The first-order chi connectivity index (χ1) is 14.3. The van der Waals surface area contributed by atoms with E-state index in [-0.39, 0.29) is 11.3 Å². The molecule has 0 unspecified atom stereocenters. The minimum absolute atomic E-state index is 0.109. The average Bonchev–Trinajstić information content (AvgIpc) is 3.17. The van der Waals surface area contributed by atoms with E-state index in [1.807, 2.05) is 50.2 Å². The van der Waals surface area contributed by atoms with Gasteiger partial charge < -0.3 is 0 Å². The second-order valence-corrected chi connectivity index (χ2v) is 10.4. The van der Waals surface area contributed by atoms with Gasteiger partial charge in [0.15, 0.2) is 0 Å². The maximum Gasteiger partial charge on any atom is 0.243 e. The maximum atomic E-state index is 13.3. The van der Waals surface area contributed by atoms with Crippen LogP contribution in [0.5, 0.6) is 0 Å². The molecule has 2 aromatic carbocycles. The van der Waals surface area contributed by atoms with Crippen LogP contribution < -0.4 is 0 Å². The standard InChI is InChI=1S/C25H30ClNO2S/c1-5-20(6-2)15-22-16-27(30(28,29)23-13-9-19(4)10-14-23)17-24(22)25(26)21-11-7-18(3)8-12-21/h7-14,24-25H,5-6,16-17H2,1-4H3/t24-,25+/m1/s1. The predicted octanol–water partition coefficient (Wildman–Crippen LogP) is 6.18. The zero-order chi connectivity index (χ0) is 21.9. The highest BCUT2D eigenvalue weighted by molar-refractivity contribution is 7.89. The summed E-state index contributed by atoms with van der Waals surface area (Å²) in [5.74, 6) is -0.109. The molecule has 0 bridgehead atoms. The molecule has 30 heavy (non-hydrogen) atoms. The van der Waals surface area contributed by atoms with Gasteiger partial charge in [-0.1, -0.05) is 61.4 Å². The Morgan fingerprint density at radius 2 is 1.57 bits per heavy atom. The number of halogens is 1. The Balaban J connectivity index is 2.01. The van der Waals surface area contributed by atoms with Crippen LogP contribution in [0, 0.1) is 19.8 Å². The van der Waals surface area contributed by atoms with E-state index < -0.39 is 10.0 Å². The summed E-state index contributed by atoms with van der Waals surface area (Å²) in [6.45, 7) is 8.90. The third kappa shape index (κ3) is 4.90. The summed E-state index contributed by atoms with van der Waals surface area (Å²) in [7, 11) is -3.59. The van der Waals surface area contributed by atoms with Crippen molar-refractivity contribution < 1.29 is 8.42 Å². The van der Waals surface area contributed by atoms with Gasteiger partial charge >= 0.3 is 0 Å². The number of alkyl halides is 1. The number of nitrogens with zero attached hydrogens (tertiary/aromatic N) is 1.